The molecule has 1 aromatic carbocycles. The Hall–Kier alpha value is -1.74. The van der Waals surface area contributed by atoms with Crippen LogP contribution in [0, 0.1) is 11.3 Å². The SMILES string of the molecule is CC(=O)SCCC=Cc1ccc(C#N)cc1C(F)(F)F. The van der Waals surface area contributed by atoms with E-state index in [9.17, 15) is 18.0 Å². The van der Waals surface area contributed by atoms with Crippen LogP contribution in [0.2, 0.25) is 0 Å². The molecule has 0 saturated carbocycles. The Labute approximate surface area is 119 Å². The van der Waals surface area contributed by atoms with Crippen molar-refractivity contribution in [3.8, 4) is 6.07 Å². The molecule has 0 fully saturated rings. The van der Waals surface area contributed by atoms with Crippen LogP contribution in [0.3, 0.4) is 0 Å². The molecule has 20 heavy (non-hydrogen) atoms. The molecule has 0 unspecified atom stereocenters. The molecule has 0 atom stereocenters. The van der Waals surface area contributed by atoms with Crippen LogP contribution in [0.15, 0.2) is 24.3 Å². The van der Waals surface area contributed by atoms with Gasteiger partial charge in [0.15, 0.2) is 5.12 Å². The summed E-state index contributed by atoms with van der Waals surface area (Å²) in [6.45, 7) is 1.44. The number of carbonyl (C=O) groups excluding carboxylic acids is 1. The van der Waals surface area contributed by atoms with Crippen molar-refractivity contribution in [3.05, 3.63) is 41.0 Å². The number of carbonyl (C=O) groups is 1. The second-order valence-corrected chi connectivity index (χ2v) is 5.21. The van der Waals surface area contributed by atoms with Gasteiger partial charge in [-0.25, -0.2) is 0 Å². The first-order valence-corrected chi connectivity index (χ1v) is 6.74. The summed E-state index contributed by atoms with van der Waals surface area (Å²) in [5.41, 5.74) is -0.835. The first-order valence-electron chi connectivity index (χ1n) is 5.76. The molecule has 0 saturated heterocycles. The summed E-state index contributed by atoms with van der Waals surface area (Å²) in [5.74, 6) is 0.531. The van der Waals surface area contributed by atoms with E-state index in [1.807, 2.05) is 0 Å². The minimum absolute atomic E-state index is 0.0179. The third-order valence-electron chi connectivity index (χ3n) is 2.38. The minimum Gasteiger partial charge on any atom is -0.288 e. The zero-order chi connectivity index (χ0) is 15.2. The molecular weight excluding hydrogens is 287 g/mol. The zero-order valence-corrected chi connectivity index (χ0v) is 11.5. The van der Waals surface area contributed by atoms with E-state index in [1.165, 1.54) is 25.1 Å². The molecule has 2 nitrogen and oxygen atoms in total. The molecule has 106 valence electrons. The summed E-state index contributed by atoms with van der Waals surface area (Å²) in [7, 11) is 0. The van der Waals surface area contributed by atoms with Crippen molar-refractivity contribution < 1.29 is 18.0 Å². The summed E-state index contributed by atoms with van der Waals surface area (Å²) >= 11 is 1.13. The highest BCUT2D eigenvalue weighted by Crippen LogP contribution is 2.33. The van der Waals surface area contributed by atoms with Gasteiger partial charge in [-0.3, -0.25) is 4.79 Å². The second kappa shape index (κ2) is 7.15. The fraction of sp³-hybridized carbons (Fsp3) is 0.286. The van der Waals surface area contributed by atoms with Gasteiger partial charge in [-0.2, -0.15) is 18.4 Å². The summed E-state index contributed by atoms with van der Waals surface area (Å²) in [4.78, 5) is 10.7. The highest BCUT2D eigenvalue weighted by Gasteiger charge is 2.32. The quantitative estimate of drug-likeness (QED) is 0.780. The average molecular weight is 299 g/mol. The van der Waals surface area contributed by atoms with Crippen molar-refractivity contribution in [1.82, 2.24) is 0 Å². The minimum atomic E-state index is -4.50. The van der Waals surface area contributed by atoms with E-state index in [2.05, 4.69) is 0 Å². The molecule has 0 aliphatic rings. The number of hydrogen-bond donors (Lipinski definition) is 0. The van der Waals surface area contributed by atoms with Gasteiger partial charge in [-0.05, 0) is 24.1 Å². The lowest BCUT2D eigenvalue weighted by atomic mass is 10.0. The molecule has 0 N–H and O–H groups in total. The predicted octanol–water partition coefficient (Wildman–Crippen LogP) is 4.26. The van der Waals surface area contributed by atoms with E-state index < -0.39 is 11.7 Å². The monoisotopic (exact) mass is 299 g/mol. The molecule has 0 amide bonds. The number of benzene rings is 1. The lowest BCUT2D eigenvalue weighted by Gasteiger charge is -2.10. The van der Waals surface area contributed by atoms with E-state index in [0.29, 0.717) is 12.2 Å². The van der Waals surface area contributed by atoms with Crippen LogP contribution < -0.4 is 0 Å². The maximum absolute atomic E-state index is 12.9. The van der Waals surface area contributed by atoms with E-state index in [-0.39, 0.29) is 16.2 Å². The standard InChI is InChI=1S/C14H12F3NOS/c1-10(19)20-7-3-2-4-12-6-5-11(9-18)8-13(12)14(15,16)17/h2,4-6,8H,3,7H2,1H3. The fourth-order valence-electron chi connectivity index (χ4n) is 1.50. The summed E-state index contributed by atoms with van der Waals surface area (Å²) < 4.78 is 38.6. The Balaban J connectivity index is 2.87. The smallest absolute Gasteiger partial charge is 0.288 e. The lowest BCUT2D eigenvalue weighted by molar-refractivity contribution is -0.137. The van der Waals surface area contributed by atoms with Gasteiger partial charge in [0.05, 0.1) is 17.2 Å². The van der Waals surface area contributed by atoms with Gasteiger partial charge in [0.2, 0.25) is 0 Å². The number of allylic oxidation sites excluding steroid dienone is 1. The Morgan fingerprint density at radius 2 is 2.15 bits per heavy atom. The number of nitrogens with zero attached hydrogens (tertiary/aromatic N) is 1. The number of nitriles is 1. The largest absolute Gasteiger partial charge is 0.417 e. The summed E-state index contributed by atoms with van der Waals surface area (Å²) in [6.07, 6.45) is -1.04. The van der Waals surface area contributed by atoms with Gasteiger partial charge < -0.3 is 0 Å². The molecule has 6 heteroatoms. The van der Waals surface area contributed by atoms with Crippen LogP contribution in [-0.2, 0) is 11.0 Å². The van der Waals surface area contributed by atoms with Gasteiger partial charge in [0.1, 0.15) is 0 Å². The third-order valence-corrected chi connectivity index (χ3v) is 3.22. The van der Waals surface area contributed by atoms with Gasteiger partial charge in [0, 0.05) is 12.7 Å². The first kappa shape index (κ1) is 16.3. The Morgan fingerprint density at radius 1 is 1.45 bits per heavy atom. The molecule has 1 rings (SSSR count). The van der Waals surface area contributed by atoms with Crippen LogP contribution in [-0.4, -0.2) is 10.9 Å². The normalized spacial score (nSPS) is 11.6. The number of thioether (sulfide) groups is 1. The fourth-order valence-corrected chi connectivity index (χ4v) is 2.04. The third kappa shape index (κ3) is 5.10. The van der Waals surface area contributed by atoms with E-state index in [0.717, 1.165) is 17.8 Å². The van der Waals surface area contributed by atoms with Crippen LogP contribution in [0.5, 0.6) is 0 Å². The average Bonchev–Trinajstić information content (AvgIpc) is 2.37. The maximum atomic E-state index is 12.9. The van der Waals surface area contributed by atoms with Crippen molar-refractivity contribution in [1.29, 1.82) is 5.26 Å². The Kier molecular flexibility index (Phi) is 5.83. The number of hydrogen-bond acceptors (Lipinski definition) is 3. The molecular formula is C14H12F3NOS. The lowest BCUT2D eigenvalue weighted by Crippen LogP contribution is -2.07. The molecule has 0 aromatic heterocycles. The van der Waals surface area contributed by atoms with Crippen molar-refractivity contribution in [2.45, 2.75) is 19.5 Å². The van der Waals surface area contributed by atoms with Crippen molar-refractivity contribution in [2.75, 3.05) is 5.75 Å². The van der Waals surface area contributed by atoms with Crippen LogP contribution in [0.25, 0.3) is 6.08 Å². The van der Waals surface area contributed by atoms with E-state index >= 15 is 0 Å². The summed E-state index contributed by atoms with van der Waals surface area (Å²) in [6, 6.07) is 5.15. The zero-order valence-electron chi connectivity index (χ0n) is 10.7. The van der Waals surface area contributed by atoms with Gasteiger partial charge in [-0.1, -0.05) is 30.0 Å². The van der Waals surface area contributed by atoms with Crippen molar-refractivity contribution in [2.24, 2.45) is 0 Å². The molecule has 0 spiro atoms. The topological polar surface area (TPSA) is 40.9 Å². The van der Waals surface area contributed by atoms with Gasteiger partial charge >= 0.3 is 6.18 Å². The number of rotatable bonds is 4. The molecule has 0 radical (unpaired) electrons. The number of alkyl halides is 3. The second-order valence-electron chi connectivity index (χ2n) is 3.94. The highest BCUT2D eigenvalue weighted by atomic mass is 32.2. The van der Waals surface area contributed by atoms with Gasteiger partial charge in [0.25, 0.3) is 0 Å². The Morgan fingerprint density at radius 3 is 2.70 bits per heavy atom. The van der Waals surface area contributed by atoms with Crippen LogP contribution in [0.1, 0.15) is 30.0 Å². The molecule has 0 heterocycles. The molecule has 0 bridgehead atoms. The van der Waals surface area contributed by atoms with Crippen LogP contribution in [0.4, 0.5) is 13.2 Å². The van der Waals surface area contributed by atoms with E-state index in [1.54, 1.807) is 12.1 Å². The number of halogens is 3. The van der Waals surface area contributed by atoms with E-state index in [4.69, 9.17) is 5.26 Å². The molecule has 1 aromatic rings. The summed E-state index contributed by atoms with van der Waals surface area (Å²) in [5, 5.41) is 8.63. The predicted molar refractivity (Wildman–Crippen MR) is 72.9 cm³/mol. The molecule has 0 aliphatic carbocycles. The maximum Gasteiger partial charge on any atom is 0.417 e. The molecule has 0 aliphatic heterocycles. The highest BCUT2D eigenvalue weighted by molar-refractivity contribution is 8.13. The Bertz CT molecular complexity index is 559. The van der Waals surface area contributed by atoms with Crippen molar-refractivity contribution >= 4 is 23.0 Å². The first-order chi connectivity index (χ1) is 9.34. The van der Waals surface area contributed by atoms with Crippen LogP contribution >= 0.6 is 11.8 Å². The van der Waals surface area contributed by atoms with Gasteiger partial charge in [-0.15, -0.1) is 0 Å². The van der Waals surface area contributed by atoms with Crippen molar-refractivity contribution in [3.63, 3.8) is 0 Å².